The Balaban J connectivity index is 1.47. The molecule has 1 aliphatic carbocycles. The molecular formula is C23H33N5O3. The fourth-order valence-electron chi connectivity index (χ4n) is 4.31. The minimum atomic E-state index is -0.708. The van der Waals surface area contributed by atoms with Crippen molar-refractivity contribution in [3.63, 3.8) is 0 Å². The molecule has 0 unspecified atom stereocenters. The Labute approximate surface area is 184 Å². The zero-order valence-corrected chi connectivity index (χ0v) is 18.6. The molecule has 8 nitrogen and oxygen atoms in total. The molecule has 1 aliphatic heterocycles. The van der Waals surface area contributed by atoms with E-state index in [1.165, 1.54) is 0 Å². The van der Waals surface area contributed by atoms with Crippen LogP contribution in [0.3, 0.4) is 0 Å². The molecule has 2 aliphatic rings. The highest BCUT2D eigenvalue weighted by molar-refractivity contribution is 5.92. The Bertz CT molecular complexity index is 792. The lowest BCUT2D eigenvalue weighted by atomic mass is 9.81. The summed E-state index contributed by atoms with van der Waals surface area (Å²) in [7, 11) is 3.45. The van der Waals surface area contributed by atoms with Crippen molar-refractivity contribution in [2.24, 2.45) is 0 Å². The number of rotatable bonds is 7. The van der Waals surface area contributed by atoms with Crippen LogP contribution in [0.15, 0.2) is 24.3 Å². The predicted molar refractivity (Wildman–Crippen MR) is 120 cm³/mol. The first-order valence-electron chi connectivity index (χ1n) is 11.0. The van der Waals surface area contributed by atoms with E-state index in [1.54, 1.807) is 23.9 Å². The van der Waals surface area contributed by atoms with Crippen molar-refractivity contribution in [2.45, 2.75) is 37.6 Å². The second-order valence-corrected chi connectivity index (χ2v) is 8.52. The highest BCUT2D eigenvalue weighted by Crippen LogP contribution is 2.32. The van der Waals surface area contributed by atoms with Crippen molar-refractivity contribution >= 4 is 23.2 Å². The number of amides is 2. The van der Waals surface area contributed by atoms with Crippen molar-refractivity contribution in [3.8, 4) is 6.07 Å². The van der Waals surface area contributed by atoms with Crippen molar-refractivity contribution < 1.29 is 14.3 Å². The predicted octanol–water partition coefficient (Wildman–Crippen LogP) is 2.08. The number of nitriles is 1. The summed E-state index contributed by atoms with van der Waals surface area (Å²) in [6.07, 6.45) is 4.48. The topological polar surface area (TPSA) is 88.9 Å². The van der Waals surface area contributed by atoms with Crippen molar-refractivity contribution in [1.29, 1.82) is 5.26 Å². The summed E-state index contributed by atoms with van der Waals surface area (Å²) in [5.41, 5.74) is 1.13. The maximum absolute atomic E-state index is 12.7. The van der Waals surface area contributed by atoms with Gasteiger partial charge in [0.05, 0.1) is 32.4 Å². The summed E-state index contributed by atoms with van der Waals surface area (Å²) in [4.78, 5) is 30.7. The van der Waals surface area contributed by atoms with Crippen LogP contribution in [0, 0.1) is 11.3 Å². The average Bonchev–Trinajstić information content (AvgIpc) is 2.79. The summed E-state index contributed by atoms with van der Waals surface area (Å²) >= 11 is 0. The first-order valence-corrected chi connectivity index (χ1v) is 11.0. The Kier molecular flexibility index (Phi) is 7.88. The number of benzene rings is 1. The third-order valence-electron chi connectivity index (χ3n) is 6.25. The van der Waals surface area contributed by atoms with E-state index in [0.29, 0.717) is 0 Å². The van der Waals surface area contributed by atoms with E-state index in [1.807, 2.05) is 24.3 Å². The maximum atomic E-state index is 12.7. The second kappa shape index (κ2) is 10.6. The van der Waals surface area contributed by atoms with Crippen LogP contribution >= 0.6 is 0 Å². The van der Waals surface area contributed by atoms with Gasteiger partial charge in [0.1, 0.15) is 5.54 Å². The van der Waals surface area contributed by atoms with Crippen LogP contribution in [-0.2, 0) is 14.3 Å². The van der Waals surface area contributed by atoms with E-state index in [2.05, 4.69) is 16.3 Å². The lowest BCUT2D eigenvalue weighted by Gasteiger charge is -2.39. The number of nitrogens with zero attached hydrogens (tertiary/aromatic N) is 4. The first kappa shape index (κ1) is 23.0. The van der Waals surface area contributed by atoms with Crippen LogP contribution in [-0.4, -0.2) is 80.6 Å². The zero-order valence-electron chi connectivity index (χ0n) is 18.6. The van der Waals surface area contributed by atoms with Crippen LogP contribution in [0.25, 0.3) is 0 Å². The molecule has 0 atom stereocenters. The minimum absolute atomic E-state index is 0.101. The second-order valence-electron chi connectivity index (χ2n) is 8.52. The number of morpholine rings is 1. The number of ether oxygens (including phenoxy) is 1. The molecule has 2 amide bonds. The van der Waals surface area contributed by atoms with E-state index < -0.39 is 5.54 Å². The molecule has 0 aromatic heterocycles. The van der Waals surface area contributed by atoms with Gasteiger partial charge in [-0.3, -0.25) is 14.5 Å². The van der Waals surface area contributed by atoms with E-state index >= 15 is 0 Å². The Morgan fingerprint density at radius 1 is 1.10 bits per heavy atom. The van der Waals surface area contributed by atoms with Crippen LogP contribution < -0.4 is 10.2 Å². The number of nitrogens with one attached hydrogen (secondary N) is 1. The van der Waals surface area contributed by atoms with E-state index in [9.17, 15) is 14.9 Å². The summed E-state index contributed by atoms with van der Waals surface area (Å²) < 4.78 is 5.38. The standard InChI is InChI=1S/C23H33N5O3/c1-26(17-22(30)27(2)23(18-24)10-4-3-5-11-23)16-21(29)25-19-6-8-20(9-7-19)28-12-14-31-15-13-28/h6-9H,3-5,10-17H2,1-2H3,(H,25,29). The smallest absolute Gasteiger partial charge is 0.238 e. The SMILES string of the molecule is CN(CC(=O)Nc1ccc(N2CCOCC2)cc1)CC(=O)N(C)C1(C#N)CCCCC1. The molecule has 1 saturated carbocycles. The molecule has 1 heterocycles. The molecular weight excluding hydrogens is 394 g/mol. The molecule has 1 aromatic carbocycles. The molecule has 0 bridgehead atoms. The van der Waals surface area contributed by atoms with Gasteiger partial charge >= 0.3 is 0 Å². The number of hydrogen-bond donors (Lipinski definition) is 1. The van der Waals surface area contributed by atoms with Crippen LogP contribution in [0.4, 0.5) is 11.4 Å². The monoisotopic (exact) mass is 427 g/mol. The minimum Gasteiger partial charge on any atom is -0.378 e. The number of carbonyl (C=O) groups excluding carboxylic acids is 2. The zero-order chi connectivity index (χ0) is 22.3. The normalized spacial score (nSPS) is 18.3. The van der Waals surface area contributed by atoms with E-state index in [0.717, 1.165) is 69.8 Å². The number of likely N-dealkylation sites (N-methyl/N-ethyl adjacent to an activating group) is 2. The fraction of sp³-hybridized carbons (Fsp3) is 0.609. The van der Waals surface area contributed by atoms with Gasteiger partial charge in [-0.2, -0.15) is 5.26 Å². The molecule has 8 heteroatoms. The van der Waals surface area contributed by atoms with Gasteiger partial charge in [0.15, 0.2) is 0 Å². The summed E-state index contributed by atoms with van der Waals surface area (Å²) in [6.45, 7) is 3.40. The molecule has 0 radical (unpaired) electrons. The highest BCUT2D eigenvalue weighted by atomic mass is 16.5. The molecule has 3 rings (SSSR count). The van der Waals surface area contributed by atoms with Crippen molar-refractivity contribution in [3.05, 3.63) is 24.3 Å². The Morgan fingerprint density at radius 2 is 1.74 bits per heavy atom. The van der Waals surface area contributed by atoms with E-state index in [-0.39, 0.29) is 24.9 Å². The molecule has 1 saturated heterocycles. The number of carbonyl (C=O) groups is 2. The highest BCUT2D eigenvalue weighted by Gasteiger charge is 2.38. The first-order chi connectivity index (χ1) is 14.9. The third-order valence-corrected chi connectivity index (χ3v) is 6.25. The van der Waals surface area contributed by atoms with Gasteiger partial charge in [0.2, 0.25) is 11.8 Å². The largest absolute Gasteiger partial charge is 0.378 e. The Hall–Kier alpha value is -2.63. The number of hydrogen-bond acceptors (Lipinski definition) is 6. The summed E-state index contributed by atoms with van der Waals surface area (Å²) in [6, 6.07) is 10.1. The maximum Gasteiger partial charge on any atom is 0.238 e. The van der Waals surface area contributed by atoms with Crippen LogP contribution in [0.2, 0.25) is 0 Å². The van der Waals surface area contributed by atoms with Gasteiger partial charge in [0, 0.05) is 31.5 Å². The Morgan fingerprint density at radius 3 is 2.35 bits per heavy atom. The lowest BCUT2D eigenvalue weighted by Crippen LogP contribution is -2.52. The third kappa shape index (κ3) is 5.96. The molecule has 2 fully saturated rings. The quantitative estimate of drug-likeness (QED) is 0.717. The average molecular weight is 428 g/mol. The van der Waals surface area contributed by atoms with Gasteiger partial charge in [-0.15, -0.1) is 0 Å². The molecule has 31 heavy (non-hydrogen) atoms. The molecule has 168 valence electrons. The molecule has 1 aromatic rings. The van der Waals surface area contributed by atoms with Gasteiger partial charge in [-0.25, -0.2) is 0 Å². The lowest BCUT2D eigenvalue weighted by molar-refractivity contribution is -0.136. The van der Waals surface area contributed by atoms with Crippen molar-refractivity contribution in [2.75, 3.05) is 63.7 Å². The van der Waals surface area contributed by atoms with Gasteiger partial charge in [-0.1, -0.05) is 19.3 Å². The van der Waals surface area contributed by atoms with Gasteiger partial charge in [0.25, 0.3) is 0 Å². The summed E-state index contributed by atoms with van der Waals surface area (Å²) in [5.74, 6) is -0.307. The summed E-state index contributed by atoms with van der Waals surface area (Å²) in [5, 5.41) is 12.6. The van der Waals surface area contributed by atoms with E-state index in [4.69, 9.17) is 4.74 Å². The number of anilines is 2. The molecule has 1 N–H and O–H groups in total. The van der Waals surface area contributed by atoms with Gasteiger partial charge in [-0.05, 0) is 44.2 Å². The van der Waals surface area contributed by atoms with Crippen LogP contribution in [0.1, 0.15) is 32.1 Å². The van der Waals surface area contributed by atoms with Crippen molar-refractivity contribution in [1.82, 2.24) is 9.80 Å². The van der Waals surface area contributed by atoms with Crippen LogP contribution in [0.5, 0.6) is 0 Å². The van der Waals surface area contributed by atoms with Gasteiger partial charge < -0.3 is 19.9 Å². The fourth-order valence-corrected chi connectivity index (χ4v) is 4.31. The molecule has 0 spiro atoms.